The number of nitriles is 1. The van der Waals surface area contributed by atoms with Gasteiger partial charge in [-0.3, -0.25) is 28.6 Å². The Bertz CT molecular complexity index is 1960. The van der Waals surface area contributed by atoms with Crippen molar-refractivity contribution in [2.75, 3.05) is 27.2 Å². The van der Waals surface area contributed by atoms with Crippen LogP contribution in [0.2, 0.25) is 5.02 Å². The summed E-state index contributed by atoms with van der Waals surface area (Å²) >= 11 is 6.18. The first kappa shape index (κ1) is 27.0. The lowest BCUT2D eigenvalue weighted by Crippen LogP contribution is -2.40. The van der Waals surface area contributed by atoms with E-state index in [-0.39, 0.29) is 5.56 Å². The van der Waals surface area contributed by atoms with Gasteiger partial charge in [-0.25, -0.2) is 0 Å². The summed E-state index contributed by atoms with van der Waals surface area (Å²) in [5, 5.41) is 16.8. The van der Waals surface area contributed by atoms with Gasteiger partial charge in [0, 0.05) is 43.8 Å². The topological polar surface area (TPSA) is 102 Å². The quantitative estimate of drug-likeness (QED) is 0.284. The van der Waals surface area contributed by atoms with Gasteiger partial charge in [-0.05, 0) is 63.2 Å². The molecule has 0 unspecified atom stereocenters. The highest BCUT2D eigenvalue weighted by Crippen LogP contribution is 2.33. The van der Waals surface area contributed by atoms with E-state index in [1.807, 2.05) is 66.8 Å². The number of pyridine rings is 1. The molecule has 1 saturated carbocycles. The van der Waals surface area contributed by atoms with E-state index >= 15 is 0 Å². The van der Waals surface area contributed by atoms with E-state index in [1.165, 1.54) is 0 Å². The minimum Gasteiger partial charge on any atom is -0.348 e. The number of aryl methyl sites for hydroxylation is 1. The van der Waals surface area contributed by atoms with E-state index in [2.05, 4.69) is 15.5 Å². The van der Waals surface area contributed by atoms with E-state index in [1.54, 1.807) is 17.8 Å². The molecular formula is C30H32ClN9O. The molecule has 1 aliphatic carbocycles. The zero-order chi connectivity index (χ0) is 28.8. The van der Waals surface area contributed by atoms with Crippen LogP contribution in [-0.2, 0) is 27.2 Å². The first-order valence-corrected chi connectivity index (χ1v) is 14.1. The molecule has 210 valence electrons. The van der Waals surface area contributed by atoms with Gasteiger partial charge in [0.1, 0.15) is 17.1 Å². The van der Waals surface area contributed by atoms with Gasteiger partial charge in [0.25, 0.3) is 5.56 Å². The highest BCUT2D eigenvalue weighted by molar-refractivity contribution is 6.31. The predicted octanol–water partition coefficient (Wildman–Crippen LogP) is 3.54. The maximum Gasteiger partial charge on any atom is 0.266 e. The van der Waals surface area contributed by atoms with Crippen molar-refractivity contribution >= 4 is 33.5 Å². The van der Waals surface area contributed by atoms with Gasteiger partial charge >= 0.3 is 0 Å². The Morgan fingerprint density at radius 1 is 1.17 bits per heavy atom. The number of aromatic nitrogens is 6. The van der Waals surface area contributed by atoms with Crippen LogP contribution in [0.4, 0.5) is 0 Å². The Balaban J connectivity index is 1.61. The van der Waals surface area contributed by atoms with E-state index < -0.39 is 0 Å². The molecule has 0 saturated heterocycles. The number of hydrogen-bond donors (Lipinski definition) is 0. The minimum atomic E-state index is -0.169. The normalized spacial score (nSPS) is 14.0. The first-order chi connectivity index (χ1) is 19.7. The number of nitrogens with zero attached hydrogens (tertiary/aromatic N) is 9. The van der Waals surface area contributed by atoms with Crippen LogP contribution in [0.3, 0.4) is 0 Å². The molecule has 41 heavy (non-hydrogen) atoms. The van der Waals surface area contributed by atoms with Crippen LogP contribution in [-0.4, -0.2) is 60.6 Å². The Morgan fingerprint density at radius 3 is 2.68 bits per heavy atom. The Kier molecular flexibility index (Phi) is 7.01. The molecule has 4 aromatic heterocycles. The second kappa shape index (κ2) is 10.7. The van der Waals surface area contributed by atoms with Crippen molar-refractivity contribution in [1.29, 1.82) is 5.26 Å². The van der Waals surface area contributed by atoms with Gasteiger partial charge in [0.15, 0.2) is 5.65 Å². The van der Waals surface area contributed by atoms with E-state index in [4.69, 9.17) is 26.7 Å². The molecule has 0 radical (unpaired) electrons. The average Bonchev–Trinajstić information content (AvgIpc) is 3.58. The Labute approximate surface area is 242 Å². The summed E-state index contributed by atoms with van der Waals surface area (Å²) in [6.07, 6.45) is 4.07. The zero-order valence-electron chi connectivity index (χ0n) is 23.7. The molecular weight excluding hydrogens is 538 g/mol. The summed E-state index contributed by atoms with van der Waals surface area (Å²) in [4.78, 5) is 25.9. The van der Waals surface area contributed by atoms with Crippen molar-refractivity contribution in [2.24, 2.45) is 25.0 Å². The minimum absolute atomic E-state index is 0.169. The molecule has 1 fully saturated rings. The molecule has 0 amide bonds. The molecule has 10 nitrogen and oxygen atoms in total. The molecule has 4 heterocycles. The molecule has 0 bridgehead atoms. The average molecular weight is 570 g/mol. The van der Waals surface area contributed by atoms with Crippen LogP contribution in [0, 0.1) is 17.2 Å². The molecule has 11 heteroatoms. The van der Waals surface area contributed by atoms with Crippen LogP contribution in [0.5, 0.6) is 0 Å². The van der Waals surface area contributed by atoms with Crippen LogP contribution in [0.1, 0.15) is 24.1 Å². The smallest absolute Gasteiger partial charge is 0.266 e. The standard InChI is InChI=1S/C30H32ClN9O/c1-36(2)12-11-33-30-38(4)29(41)26-27(25-13-20(15-32)16-37(25)3)40(35-28(26)39(30)17-19-5-6-19)18-23-9-7-21-14-22(31)8-10-24(21)34-23/h7-10,13-14,16,19H,5-6,11-12,17-18H2,1-4H3/b33-30+. The summed E-state index contributed by atoms with van der Waals surface area (Å²) in [6.45, 7) is 2.43. The number of halogens is 1. The van der Waals surface area contributed by atoms with E-state index in [9.17, 15) is 10.1 Å². The largest absolute Gasteiger partial charge is 0.348 e. The zero-order valence-corrected chi connectivity index (χ0v) is 24.4. The molecule has 1 aromatic carbocycles. The highest BCUT2D eigenvalue weighted by Gasteiger charge is 2.28. The molecule has 1 aliphatic rings. The van der Waals surface area contributed by atoms with Gasteiger partial charge in [0.05, 0.1) is 35.6 Å². The molecule has 0 N–H and O–H groups in total. The summed E-state index contributed by atoms with van der Waals surface area (Å²) < 4.78 is 7.47. The number of hydrogen-bond acceptors (Lipinski definition) is 6. The summed E-state index contributed by atoms with van der Waals surface area (Å²) in [7, 11) is 7.68. The Morgan fingerprint density at radius 2 is 1.98 bits per heavy atom. The Hall–Kier alpha value is -4.20. The molecule has 5 aromatic rings. The second-order valence-corrected chi connectivity index (χ2v) is 11.5. The fourth-order valence-electron chi connectivity index (χ4n) is 5.25. The predicted molar refractivity (Wildman–Crippen MR) is 160 cm³/mol. The van der Waals surface area contributed by atoms with Crippen LogP contribution < -0.4 is 11.2 Å². The third-order valence-electron chi connectivity index (χ3n) is 7.59. The first-order valence-electron chi connectivity index (χ1n) is 13.7. The van der Waals surface area contributed by atoms with Gasteiger partial charge in [-0.1, -0.05) is 17.7 Å². The maximum atomic E-state index is 14.1. The number of rotatable bonds is 8. The fraction of sp³-hybridized carbons (Fsp3) is 0.367. The monoisotopic (exact) mass is 569 g/mol. The highest BCUT2D eigenvalue weighted by atomic mass is 35.5. The van der Waals surface area contributed by atoms with Gasteiger partial charge in [-0.2, -0.15) is 10.4 Å². The van der Waals surface area contributed by atoms with Gasteiger partial charge in [0.2, 0.25) is 5.62 Å². The SMILES string of the molecule is CN(C)CC/N=c1\n(C)c(=O)c2c(-c3cc(C#N)cn3C)n(Cc3ccc4cc(Cl)ccc4n3)nc2n1CC1CC1. The molecule has 0 atom stereocenters. The van der Waals surface area contributed by atoms with Crippen molar-refractivity contribution in [3.63, 3.8) is 0 Å². The number of likely N-dealkylation sites (N-methyl/N-ethyl adjacent to an activating group) is 1. The van der Waals surface area contributed by atoms with Crippen molar-refractivity contribution in [3.8, 4) is 17.5 Å². The van der Waals surface area contributed by atoms with Crippen molar-refractivity contribution in [2.45, 2.75) is 25.9 Å². The molecule has 0 spiro atoms. The van der Waals surface area contributed by atoms with Crippen LogP contribution >= 0.6 is 11.6 Å². The van der Waals surface area contributed by atoms with Crippen molar-refractivity contribution in [3.05, 3.63) is 74.8 Å². The third-order valence-corrected chi connectivity index (χ3v) is 7.82. The van der Waals surface area contributed by atoms with Gasteiger partial charge < -0.3 is 9.47 Å². The number of benzene rings is 1. The summed E-state index contributed by atoms with van der Waals surface area (Å²) in [5.41, 5.74) is 4.60. The second-order valence-electron chi connectivity index (χ2n) is 11.1. The lowest BCUT2D eigenvalue weighted by molar-refractivity contribution is 0.415. The van der Waals surface area contributed by atoms with Gasteiger partial charge in [-0.15, -0.1) is 0 Å². The van der Waals surface area contributed by atoms with Crippen LogP contribution in [0.15, 0.2) is 52.4 Å². The van der Waals surface area contributed by atoms with Crippen molar-refractivity contribution in [1.82, 2.24) is 33.4 Å². The van der Waals surface area contributed by atoms with Crippen molar-refractivity contribution < 1.29 is 0 Å². The summed E-state index contributed by atoms with van der Waals surface area (Å²) in [6, 6.07) is 13.6. The fourth-order valence-corrected chi connectivity index (χ4v) is 5.43. The summed E-state index contributed by atoms with van der Waals surface area (Å²) in [5.74, 6) is 0.534. The number of fused-ring (bicyclic) bond motifs is 2. The van der Waals surface area contributed by atoms with E-state index in [0.717, 1.165) is 48.2 Å². The van der Waals surface area contributed by atoms with E-state index in [0.29, 0.717) is 51.9 Å². The maximum absolute atomic E-state index is 14.1. The lowest BCUT2D eigenvalue weighted by Gasteiger charge is -2.13. The molecule has 6 rings (SSSR count). The third kappa shape index (κ3) is 5.19. The lowest BCUT2D eigenvalue weighted by atomic mass is 10.2. The van der Waals surface area contributed by atoms with Crippen LogP contribution in [0.25, 0.3) is 33.3 Å². The molecule has 0 aliphatic heterocycles.